The molecule has 0 saturated carbocycles. The van der Waals surface area contributed by atoms with Crippen molar-refractivity contribution in [1.82, 2.24) is 4.98 Å². The summed E-state index contributed by atoms with van der Waals surface area (Å²) in [6, 6.07) is 2.05. The fourth-order valence-corrected chi connectivity index (χ4v) is 0.956. The maximum atomic E-state index is 4.19. The van der Waals surface area contributed by atoms with E-state index >= 15 is 0 Å². The number of nitrogens with one attached hydrogen (secondary N) is 1. The van der Waals surface area contributed by atoms with Crippen molar-refractivity contribution in [3.05, 3.63) is 30.0 Å². The topological polar surface area (TPSA) is 24.9 Å². The molecule has 0 aromatic carbocycles. The van der Waals surface area contributed by atoms with Crippen molar-refractivity contribution < 1.29 is 0 Å². The van der Waals surface area contributed by atoms with E-state index in [9.17, 15) is 0 Å². The smallest absolute Gasteiger partial charge is 0.132 e. The molecule has 1 rings (SSSR count). The number of hydrogen-bond acceptors (Lipinski definition) is 2. The van der Waals surface area contributed by atoms with Crippen LogP contribution in [0.25, 0.3) is 6.08 Å². The minimum absolute atomic E-state index is 0.880. The van der Waals surface area contributed by atoms with Gasteiger partial charge < -0.3 is 5.32 Å². The van der Waals surface area contributed by atoms with Crippen molar-refractivity contribution in [3.8, 4) is 0 Å². The number of pyridine rings is 1. The van der Waals surface area contributed by atoms with Crippen molar-refractivity contribution in [1.29, 1.82) is 0 Å². The van der Waals surface area contributed by atoms with Gasteiger partial charge in [-0.2, -0.15) is 0 Å². The quantitative estimate of drug-likeness (QED) is 0.752. The molecular formula is C11H18N2. The average molecular weight is 178 g/mol. The summed E-state index contributed by atoms with van der Waals surface area (Å²) in [5.41, 5.74) is 2.20. The summed E-state index contributed by atoms with van der Waals surface area (Å²) >= 11 is 0. The Balaban J connectivity index is 0.000000671. The van der Waals surface area contributed by atoms with Gasteiger partial charge in [-0.05, 0) is 18.6 Å². The van der Waals surface area contributed by atoms with Crippen molar-refractivity contribution in [2.45, 2.75) is 20.8 Å². The van der Waals surface area contributed by atoms with Gasteiger partial charge in [0.2, 0.25) is 0 Å². The van der Waals surface area contributed by atoms with Crippen LogP contribution in [0.1, 0.15) is 25.0 Å². The lowest BCUT2D eigenvalue weighted by Crippen LogP contribution is -1.95. The van der Waals surface area contributed by atoms with E-state index < -0.39 is 0 Å². The van der Waals surface area contributed by atoms with Gasteiger partial charge in [-0.1, -0.05) is 26.5 Å². The molecule has 0 aliphatic heterocycles. The minimum Gasteiger partial charge on any atom is -0.373 e. The molecule has 2 nitrogen and oxygen atoms in total. The second kappa shape index (κ2) is 6.23. The van der Waals surface area contributed by atoms with Gasteiger partial charge >= 0.3 is 0 Å². The van der Waals surface area contributed by atoms with E-state index in [-0.39, 0.29) is 0 Å². The molecule has 0 aliphatic carbocycles. The minimum atomic E-state index is 0.880. The SMILES string of the molecule is C=Cc1cc(C)cnc1NC.CC. The van der Waals surface area contributed by atoms with E-state index in [0.29, 0.717) is 0 Å². The van der Waals surface area contributed by atoms with E-state index in [0.717, 1.165) is 16.9 Å². The van der Waals surface area contributed by atoms with Gasteiger partial charge in [0.05, 0.1) is 0 Å². The van der Waals surface area contributed by atoms with Crippen molar-refractivity contribution in [2.75, 3.05) is 12.4 Å². The molecular weight excluding hydrogens is 160 g/mol. The zero-order valence-electron chi connectivity index (χ0n) is 8.89. The fourth-order valence-electron chi connectivity index (χ4n) is 0.956. The van der Waals surface area contributed by atoms with Crippen LogP contribution in [0.3, 0.4) is 0 Å². The van der Waals surface area contributed by atoms with Gasteiger partial charge in [-0.25, -0.2) is 4.98 Å². The molecule has 0 unspecified atom stereocenters. The molecule has 0 aliphatic rings. The number of nitrogens with zero attached hydrogens (tertiary/aromatic N) is 1. The van der Waals surface area contributed by atoms with Crippen LogP contribution in [0.2, 0.25) is 0 Å². The van der Waals surface area contributed by atoms with E-state index in [2.05, 4.69) is 16.9 Å². The summed E-state index contributed by atoms with van der Waals surface area (Å²) in [4.78, 5) is 4.19. The van der Waals surface area contributed by atoms with Crippen molar-refractivity contribution in [3.63, 3.8) is 0 Å². The highest BCUT2D eigenvalue weighted by Gasteiger charge is 1.96. The van der Waals surface area contributed by atoms with E-state index in [1.165, 1.54) is 0 Å². The first kappa shape index (κ1) is 11.7. The maximum absolute atomic E-state index is 4.19. The van der Waals surface area contributed by atoms with Gasteiger partial charge in [-0.15, -0.1) is 0 Å². The fraction of sp³-hybridized carbons (Fsp3) is 0.364. The molecule has 1 aromatic heterocycles. The summed E-state index contributed by atoms with van der Waals surface area (Å²) < 4.78 is 0. The number of aromatic nitrogens is 1. The molecule has 0 radical (unpaired) electrons. The molecule has 72 valence electrons. The second-order valence-corrected chi connectivity index (χ2v) is 2.40. The zero-order valence-corrected chi connectivity index (χ0v) is 8.89. The highest BCUT2D eigenvalue weighted by atomic mass is 15.0. The van der Waals surface area contributed by atoms with Crippen LogP contribution in [-0.4, -0.2) is 12.0 Å². The lowest BCUT2D eigenvalue weighted by atomic mass is 10.2. The van der Waals surface area contributed by atoms with Crippen LogP contribution in [0.15, 0.2) is 18.8 Å². The van der Waals surface area contributed by atoms with Crippen LogP contribution in [0.5, 0.6) is 0 Å². The largest absolute Gasteiger partial charge is 0.373 e. The standard InChI is InChI=1S/C9H12N2.C2H6/c1-4-8-5-7(2)6-11-9(8)10-3;1-2/h4-6H,1H2,2-3H3,(H,10,11);1-2H3. The number of hydrogen-bond donors (Lipinski definition) is 1. The Morgan fingerprint density at radius 3 is 2.54 bits per heavy atom. The Morgan fingerprint density at radius 1 is 1.46 bits per heavy atom. The third-order valence-electron chi connectivity index (χ3n) is 1.51. The second-order valence-electron chi connectivity index (χ2n) is 2.40. The molecule has 0 spiro atoms. The number of rotatable bonds is 2. The zero-order chi connectivity index (χ0) is 10.3. The lowest BCUT2D eigenvalue weighted by molar-refractivity contribution is 1.23. The Bertz CT molecular complexity index is 267. The van der Waals surface area contributed by atoms with Gasteiger partial charge in [-0.3, -0.25) is 0 Å². The van der Waals surface area contributed by atoms with Crippen LogP contribution in [-0.2, 0) is 0 Å². The number of aryl methyl sites for hydroxylation is 1. The molecule has 0 amide bonds. The normalized spacial score (nSPS) is 8.31. The molecule has 0 fully saturated rings. The van der Waals surface area contributed by atoms with E-state index in [1.54, 1.807) is 6.08 Å². The summed E-state index contributed by atoms with van der Waals surface area (Å²) in [5.74, 6) is 0.880. The highest BCUT2D eigenvalue weighted by molar-refractivity contribution is 5.61. The predicted octanol–water partition coefficient (Wildman–Crippen LogP) is 3.10. The summed E-state index contributed by atoms with van der Waals surface area (Å²) in [6.45, 7) is 9.71. The van der Waals surface area contributed by atoms with Crippen LogP contribution in [0.4, 0.5) is 5.82 Å². The van der Waals surface area contributed by atoms with E-state index in [4.69, 9.17) is 0 Å². The van der Waals surface area contributed by atoms with Gasteiger partial charge in [0, 0.05) is 18.8 Å². The molecule has 0 saturated heterocycles. The third-order valence-corrected chi connectivity index (χ3v) is 1.51. The summed E-state index contributed by atoms with van der Waals surface area (Å²) in [5, 5.41) is 2.99. The van der Waals surface area contributed by atoms with Gasteiger partial charge in [0.15, 0.2) is 0 Å². The third kappa shape index (κ3) is 3.28. The first-order chi connectivity index (χ1) is 6.27. The Labute approximate surface area is 80.7 Å². The van der Waals surface area contributed by atoms with E-state index in [1.807, 2.05) is 40.1 Å². The maximum Gasteiger partial charge on any atom is 0.132 e. The van der Waals surface area contributed by atoms with Gasteiger partial charge in [0.1, 0.15) is 5.82 Å². The lowest BCUT2D eigenvalue weighted by Gasteiger charge is -2.03. The Kier molecular flexibility index (Phi) is 5.60. The molecule has 1 heterocycles. The first-order valence-corrected chi connectivity index (χ1v) is 4.54. The Morgan fingerprint density at radius 2 is 2.08 bits per heavy atom. The highest BCUT2D eigenvalue weighted by Crippen LogP contribution is 2.13. The van der Waals surface area contributed by atoms with Crippen LogP contribution < -0.4 is 5.32 Å². The van der Waals surface area contributed by atoms with Gasteiger partial charge in [0.25, 0.3) is 0 Å². The molecule has 13 heavy (non-hydrogen) atoms. The van der Waals surface area contributed by atoms with Crippen molar-refractivity contribution >= 4 is 11.9 Å². The molecule has 0 atom stereocenters. The van der Waals surface area contributed by atoms with Crippen molar-refractivity contribution in [2.24, 2.45) is 0 Å². The molecule has 1 aromatic rings. The average Bonchev–Trinajstić information content (AvgIpc) is 2.20. The first-order valence-electron chi connectivity index (χ1n) is 4.54. The summed E-state index contributed by atoms with van der Waals surface area (Å²) in [6.07, 6.45) is 3.63. The molecule has 2 heteroatoms. The predicted molar refractivity (Wildman–Crippen MR) is 60.0 cm³/mol. The molecule has 1 N–H and O–H groups in total. The molecule has 0 bridgehead atoms. The van der Waals surface area contributed by atoms with Crippen LogP contribution >= 0.6 is 0 Å². The number of anilines is 1. The monoisotopic (exact) mass is 178 g/mol. The van der Waals surface area contributed by atoms with Crippen LogP contribution in [0, 0.1) is 6.92 Å². The summed E-state index contributed by atoms with van der Waals surface area (Å²) in [7, 11) is 1.85. The Hall–Kier alpha value is -1.31.